The molecule has 0 unspecified atom stereocenters. The third-order valence-electron chi connectivity index (χ3n) is 4.41. The minimum atomic E-state index is 0.0262. The zero-order chi connectivity index (χ0) is 18.5. The number of anilines is 3. The Bertz CT molecular complexity index is 889. The maximum Gasteiger partial charge on any atom is 0.227 e. The summed E-state index contributed by atoms with van der Waals surface area (Å²) in [5.74, 6) is 1.42. The Morgan fingerprint density at radius 2 is 1.89 bits per heavy atom. The molecular formula is C19H20N6O2. The van der Waals surface area contributed by atoms with E-state index in [1.165, 1.54) is 6.33 Å². The average molecular weight is 364 g/mol. The van der Waals surface area contributed by atoms with Crippen molar-refractivity contribution < 1.29 is 9.53 Å². The quantitative estimate of drug-likeness (QED) is 0.723. The molecule has 3 heterocycles. The lowest BCUT2D eigenvalue weighted by Crippen LogP contribution is -2.28. The van der Waals surface area contributed by atoms with Gasteiger partial charge in [0.25, 0.3) is 0 Å². The van der Waals surface area contributed by atoms with Crippen molar-refractivity contribution in [2.75, 3.05) is 23.8 Å². The van der Waals surface area contributed by atoms with Crippen molar-refractivity contribution in [3.05, 3.63) is 55.1 Å². The first-order valence-corrected chi connectivity index (χ1v) is 8.86. The zero-order valence-corrected chi connectivity index (χ0v) is 14.7. The highest BCUT2D eigenvalue weighted by atomic mass is 16.5. The number of amides is 1. The molecule has 8 heteroatoms. The summed E-state index contributed by atoms with van der Waals surface area (Å²) in [5, 5.41) is 10.4. The molecule has 0 bridgehead atoms. The number of aromatic nitrogens is 4. The van der Waals surface area contributed by atoms with Crippen LogP contribution in [0.5, 0.6) is 0 Å². The van der Waals surface area contributed by atoms with Crippen molar-refractivity contribution in [1.82, 2.24) is 19.7 Å². The summed E-state index contributed by atoms with van der Waals surface area (Å²) in [7, 11) is 0. The first-order valence-electron chi connectivity index (χ1n) is 8.86. The second-order valence-corrected chi connectivity index (χ2v) is 6.29. The molecule has 1 aliphatic heterocycles. The maximum atomic E-state index is 12.3. The van der Waals surface area contributed by atoms with Crippen LogP contribution in [0.25, 0.3) is 5.82 Å². The fourth-order valence-electron chi connectivity index (χ4n) is 2.93. The largest absolute Gasteiger partial charge is 0.381 e. The highest BCUT2D eigenvalue weighted by Gasteiger charge is 2.21. The minimum Gasteiger partial charge on any atom is -0.381 e. The van der Waals surface area contributed by atoms with E-state index in [0.717, 1.165) is 24.2 Å². The number of hydrogen-bond donors (Lipinski definition) is 2. The number of nitrogens with zero attached hydrogens (tertiary/aromatic N) is 4. The number of hydrogen-bond acceptors (Lipinski definition) is 6. The van der Waals surface area contributed by atoms with Crippen LogP contribution in [0.15, 0.2) is 55.1 Å². The van der Waals surface area contributed by atoms with Crippen LogP contribution in [-0.2, 0) is 9.53 Å². The van der Waals surface area contributed by atoms with Gasteiger partial charge in [-0.25, -0.2) is 14.6 Å². The van der Waals surface area contributed by atoms with Crippen LogP contribution < -0.4 is 10.6 Å². The third kappa shape index (κ3) is 4.29. The van der Waals surface area contributed by atoms with Gasteiger partial charge in [0, 0.05) is 49.0 Å². The molecule has 1 aliphatic rings. The molecule has 8 nitrogen and oxygen atoms in total. The van der Waals surface area contributed by atoms with Gasteiger partial charge in [-0.15, -0.1) is 0 Å². The molecule has 27 heavy (non-hydrogen) atoms. The van der Waals surface area contributed by atoms with Crippen molar-refractivity contribution in [2.45, 2.75) is 12.8 Å². The van der Waals surface area contributed by atoms with Crippen molar-refractivity contribution in [2.24, 2.45) is 5.92 Å². The van der Waals surface area contributed by atoms with Crippen molar-refractivity contribution in [1.29, 1.82) is 0 Å². The van der Waals surface area contributed by atoms with Gasteiger partial charge >= 0.3 is 0 Å². The second kappa shape index (κ2) is 7.96. The van der Waals surface area contributed by atoms with Gasteiger partial charge in [-0.1, -0.05) is 0 Å². The Labute approximate surface area is 156 Å². The number of carbonyl (C=O) groups excluding carboxylic acids is 1. The Balaban J connectivity index is 1.39. The second-order valence-electron chi connectivity index (χ2n) is 6.29. The molecule has 1 amide bonds. The molecule has 1 aromatic carbocycles. The van der Waals surface area contributed by atoms with E-state index < -0.39 is 0 Å². The topological polar surface area (TPSA) is 94.0 Å². The molecule has 3 aromatic rings. The van der Waals surface area contributed by atoms with Crippen molar-refractivity contribution in [3.63, 3.8) is 0 Å². The molecule has 1 saturated heterocycles. The first-order chi connectivity index (χ1) is 13.3. The van der Waals surface area contributed by atoms with E-state index in [-0.39, 0.29) is 11.8 Å². The smallest absolute Gasteiger partial charge is 0.227 e. The van der Waals surface area contributed by atoms with Gasteiger partial charge in [0.05, 0.1) is 0 Å². The predicted octanol–water partition coefficient (Wildman–Crippen LogP) is 2.77. The van der Waals surface area contributed by atoms with E-state index in [9.17, 15) is 4.79 Å². The van der Waals surface area contributed by atoms with E-state index in [0.29, 0.717) is 24.8 Å². The monoisotopic (exact) mass is 364 g/mol. The third-order valence-corrected chi connectivity index (χ3v) is 4.41. The van der Waals surface area contributed by atoms with E-state index in [4.69, 9.17) is 4.74 Å². The summed E-state index contributed by atoms with van der Waals surface area (Å²) in [6, 6.07) is 11.2. The van der Waals surface area contributed by atoms with Gasteiger partial charge < -0.3 is 15.4 Å². The fourth-order valence-corrected chi connectivity index (χ4v) is 2.93. The molecule has 0 radical (unpaired) electrons. The lowest BCUT2D eigenvalue weighted by molar-refractivity contribution is -0.122. The summed E-state index contributed by atoms with van der Waals surface area (Å²) in [5.41, 5.74) is 1.64. The maximum absolute atomic E-state index is 12.3. The zero-order valence-electron chi connectivity index (χ0n) is 14.7. The molecule has 4 rings (SSSR count). The lowest BCUT2D eigenvalue weighted by Gasteiger charge is -2.21. The lowest BCUT2D eigenvalue weighted by atomic mass is 9.99. The normalized spacial score (nSPS) is 14.7. The average Bonchev–Trinajstić information content (AvgIpc) is 3.25. The number of nitrogens with one attached hydrogen (secondary N) is 2. The molecule has 0 aliphatic carbocycles. The van der Waals surface area contributed by atoms with E-state index in [1.54, 1.807) is 10.9 Å². The molecule has 0 saturated carbocycles. The SMILES string of the molecule is O=C(Nc1ccc(Nc2cc(-n3cccn3)ncn2)cc1)C1CCOCC1. The van der Waals surface area contributed by atoms with Crippen LogP contribution >= 0.6 is 0 Å². The predicted molar refractivity (Wildman–Crippen MR) is 101 cm³/mol. The van der Waals surface area contributed by atoms with Gasteiger partial charge in [0.2, 0.25) is 5.91 Å². The Morgan fingerprint density at radius 3 is 2.63 bits per heavy atom. The Morgan fingerprint density at radius 1 is 1.11 bits per heavy atom. The van der Waals surface area contributed by atoms with Gasteiger partial charge in [0.1, 0.15) is 12.1 Å². The summed E-state index contributed by atoms with van der Waals surface area (Å²) in [6.45, 7) is 1.31. The molecule has 0 spiro atoms. The molecular weight excluding hydrogens is 344 g/mol. The molecule has 1 fully saturated rings. The van der Waals surface area contributed by atoms with Crippen LogP contribution in [0.2, 0.25) is 0 Å². The number of ether oxygens (including phenoxy) is 1. The minimum absolute atomic E-state index is 0.0262. The van der Waals surface area contributed by atoms with Gasteiger partial charge in [-0.2, -0.15) is 5.10 Å². The van der Waals surface area contributed by atoms with Gasteiger partial charge in [0.15, 0.2) is 5.82 Å². The van der Waals surface area contributed by atoms with Crippen LogP contribution in [0.4, 0.5) is 17.2 Å². The van der Waals surface area contributed by atoms with Crippen LogP contribution in [0.3, 0.4) is 0 Å². The fraction of sp³-hybridized carbons (Fsp3) is 0.263. The molecule has 138 valence electrons. The van der Waals surface area contributed by atoms with Crippen molar-refractivity contribution in [3.8, 4) is 5.82 Å². The molecule has 2 N–H and O–H groups in total. The Kier molecular flexibility index (Phi) is 5.06. The summed E-state index contributed by atoms with van der Waals surface area (Å²) >= 11 is 0. The molecule has 0 atom stereocenters. The summed E-state index contributed by atoms with van der Waals surface area (Å²) in [4.78, 5) is 20.7. The van der Waals surface area contributed by atoms with Crippen LogP contribution in [0, 0.1) is 5.92 Å². The standard InChI is InChI=1S/C19H20N6O2/c26-19(14-6-10-27-11-7-14)24-16-4-2-15(3-5-16)23-17-12-18(21-13-20-17)25-9-1-8-22-25/h1-5,8-9,12-14H,6-7,10-11H2,(H,24,26)(H,20,21,23). The summed E-state index contributed by atoms with van der Waals surface area (Å²) in [6.07, 6.45) is 6.56. The van der Waals surface area contributed by atoms with Gasteiger partial charge in [-0.05, 0) is 43.2 Å². The Hall–Kier alpha value is -3.26. The molecule has 2 aromatic heterocycles. The highest BCUT2D eigenvalue weighted by molar-refractivity contribution is 5.92. The van der Waals surface area contributed by atoms with E-state index in [1.807, 2.05) is 42.6 Å². The van der Waals surface area contributed by atoms with E-state index in [2.05, 4.69) is 25.7 Å². The first kappa shape index (κ1) is 17.2. The highest BCUT2D eigenvalue weighted by Crippen LogP contribution is 2.21. The number of carbonyl (C=O) groups is 1. The number of benzene rings is 1. The van der Waals surface area contributed by atoms with Crippen molar-refractivity contribution >= 4 is 23.1 Å². The number of rotatable bonds is 5. The summed E-state index contributed by atoms with van der Waals surface area (Å²) < 4.78 is 6.97. The van der Waals surface area contributed by atoms with E-state index >= 15 is 0 Å². The van der Waals surface area contributed by atoms with Crippen LogP contribution in [-0.4, -0.2) is 38.9 Å². The van der Waals surface area contributed by atoms with Crippen LogP contribution in [0.1, 0.15) is 12.8 Å². The van der Waals surface area contributed by atoms with Gasteiger partial charge in [-0.3, -0.25) is 4.79 Å².